The summed E-state index contributed by atoms with van der Waals surface area (Å²) in [6.07, 6.45) is 32.3. The molecule has 0 saturated carbocycles. The van der Waals surface area contributed by atoms with Crippen LogP contribution in [0.15, 0.2) is 60.8 Å². The molecular weight excluding hydrogens is 913 g/mol. The Morgan fingerprint density at radius 3 is 1.35 bits per heavy atom. The van der Waals surface area contributed by atoms with Crippen molar-refractivity contribution in [3.8, 4) is 0 Å². The van der Waals surface area contributed by atoms with Gasteiger partial charge in [0.1, 0.15) is 55.4 Å². The first-order valence-electron chi connectivity index (χ1n) is 27.4. The van der Waals surface area contributed by atoms with Crippen LogP contribution in [0.1, 0.15) is 187 Å². The summed E-state index contributed by atoms with van der Waals surface area (Å²) in [7, 11) is 0. The summed E-state index contributed by atoms with van der Waals surface area (Å²) in [5.41, 5.74) is 0. The van der Waals surface area contributed by atoms with Crippen molar-refractivity contribution >= 4 is 11.9 Å². The molecule has 7 N–H and O–H groups in total. The summed E-state index contributed by atoms with van der Waals surface area (Å²) in [6.45, 7) is 2.52. The van der Waals surface area contributed by atoms with E-state index >= 15 is 0 Å². The lowest BCUT2D eigenvalue weighted by atomic mass is 9.98. The predicted molar refractivity (Wildman–Crippen MR) is 275 cm³/mol. The van der Waals surface area contributed by atoms with Crippen molar-refractivity contribution in [3.05, 3.63) is 60.8 Å². The zero-order chi connectivity index (χ0) is 51.7. The second kappa shape index (κ2) is 42.5. The van der Waals surface area contributed by atoms with Gasteiger partial charge in [-0.3, -0.25) is 9.59 Å². The summed E-state index contributed by atoms with van der Waals surface area (Å²) in [4.78, 5) is 25.8. The van der Waals surface area contributed by atoms with E-state index in [4.69, 9.17) is 28.4 Å². The highest BCUT2D eigenvalue weighted by Crippen LogP contribution is 2.26. The Morgan fingerprint density at radius 2 is 0.845 bits per heavy atom. The maximum absolute atomic E-state index is 13.0. The summed E-state index contributed by atoms with van der Waals surface area (Å²) in [6, 6.07) is 0. The fraction of sp³-hybridized carbons (Fsp3) is 0.786. The number of aliphatic hydroxyl groups is 7. The van der Waals surface area contributed by atoms with E-state index in [0.29, 0.717) is 12.8 Å². The van der Waals surface area contributed by atoms with Crippen molar-refractivity contribution in [2.75, 3.05) is 26.4 Å². The molecule has 410 valence electrons. The van der Waals surface area contributed by atoms with Gasteiger partial charge in [-0.2, -0.15) is 0 Å². The molecule has 11 atom stereocenters. The van der Waals surface area contributed by atoms with Crippen LogP contribution in [0, 0.1) is 0 Å². The Labute approximate surface area is 426 Å². The van der Waals surface area contributed by atoms with E-state index < -0.39 is 99.3 Å². The molecule has 15 heteroatoms. The fourth-order valence-corrected chi connectivity index (χ4v) is 8.19. The van der Waals surface area contributed by atoms with Gasteiger partial charge in [0.15, 0.2) is 18.7 Å². The average molecular weight is 1010 g/mol. The lowest BCUT2D eigenvalue weighted by molar-refractivity contribution is -0.332. The van der Waals surface area contributed by atoms with Crippen molar-refractivity contribution < 1.29 is 73.8 Å². The van der Waals surface area contributed by atoms with Gasteiger partial charge in [-0.05, 0) is 83.5 Å². The third-order valence-electron chi connectivity index (χ3n) is 12.7. The molecule has 0 aromatic rings. The van der Waals surface area contributed by atoms with Crippen molar-refractivity contribution in [2.45, 2.75) is 255 Å². The van der Waals surface area contributed by atoms with Gasteiger partial charge in [0.05, 0.1) is 19.8 Å². The molecular formula is C56H96O15. The third kappa shape index (κ3) is 30.2. The number of ether oxygens (including phenoxy) is 6. The standard InChI is InChI=1S/C56H96O15/c1-3-5-7-9-11-13-15-17-19-21-22-23-25-27-29-31-33-35-37-39-48(59)69-44(41-66-47(58)38-36-34-32-30-28-26-24-20-18-16-14-12-10-8-6-4-2)42-67-55-54(65)52(63)50(61)46(71-55)43-68-56-53(64)51(62)49(60)45(40-57)70-56/h11,13-14,16-17,19-20,22-24,44-46,49-57,60-65H,3-10,12,15,18,21,25-43H2,1-2H3/b13-11-,16-14-,19-17-,23-22-,24-20-. The SMILES string of the molecule is CCCCC/C=C\C/C=C\C/C=C\CCCCCCCCC(=O)OC(COC(=O)CCCCCCC/C=C\C/C=C\CCCCCC)COC1OC(COC2OC(CO)C(O)C(O)C2O)C(O)C(O)C1O. The molecule has 0 aromatic carbocycles. The number of hydrogen-bond donors (Lipinski definition) is 7. The smallest absolute Gasteiger partial charge is 0.306 e. The molecule has 15 nitrogen and oxygen atoms in total. The molecule has 0 aromatic heterocycles. The quantitative estimate of drug-likeness (QED) is 0.0173. The molecule has 0 amide bonds. The number of carbonyl (C=O) groups excluding carboxylic acids is 2. The molecule has 2 heterocycles. The lowest BCUT2D eigenvalue weighted by Crippen LogP contribution is -2.61. The van der Waals surface area contributed by atoms with Gasteiger partial charge in [0.2, 0.25) is 0 Å². The average Bonchev–Trinajstić information content (AvgIpc) is 3.36. The predicted octanol–water partition coefficient (Wildman–Crippen LogP) is 8.44. The van der Waals surface area contributed by atoms with Crippen LogP contribution in [0.5, 0.6) is 0 Å². The van der Waals surface area contributed by atoms with Crippen LogP contribution in [0.4, 0.5) is 0 Å². The molecule has 11 unspecified atom stereocenters. The van der Waals surface area contributed by atoms with E-state index in [1.54, 1.807) is 0 Å². The Hall–Kier alpha value is -2.80. The minimum atomic E-state index is -1.77. The normalized spacial score (nSPS) is 25.6. The van der Waals surface area contributed by atoms with Gasteiger partial charge in [-0.1, -0.05) is 152 Å². The minimum Gasteiger partial charge on any atom is -0.462 e. The van der Waals surface area contributed by atoms with E-state index in [-0.39, 0.29) is 19.4 Å². The van der Waals surface area contributed by atoms with Crippen LogP contribution < -0.4 is 0 Å². The monoisotopic (exact) mass is 1010 g/mol. The molecule has 2 fully saturated rings. The first kappa shape index (κ1) is 64.3. The highest BCUT2D eigenvalue weighted by Gasteiger charge is 2.47. The molecule has 0 aliphatic carbocycles. The fourth-order valence-electron chi connectivity index (χ4n) is 8.19. The second-order valence-electron chi connectivity index (χ2n) is 19.0. The van der Waals surface area contributed by atoms with Crippen LogP contribution in [-0.2, 0) is 38.0 Å². The number of esters is 2. The van der Waals surface area contributed by atoms with Crippen molar-refractivity contribution in [1.29, 1.82) is 0 Å². The van der Waals surface area contributed by atoms with Crippen LogP contribution >= 0.6 is 0 Å². The van der Waals surface area contributed by atoms with Crippen LogP contribution in [0.2, 0.25) is 0 Å². The maximum Gasteiger partial charge on any atom is 0.306 e. The molecule has 0 bridgehead atoms. The van der Waals surface area contributed by atoms with Gasteiger partial charge in [0, 0.05) is 12.8 Å². The molecule has 2 aliphatic rings. The number of hydrogen-bond acceptors (Lipinski definition) is 15. The Morgan fingerprint density at radius 1 is 0.451 bits per heavy atom. The van der Waals surface area contributed by atoms with E-state index in [1.807, 2.05) is 0 Å². The molecule has 71 heavy (non-hydrogen) atoms. The number of unbranched alkanes of at least 4 members (excludes halogenated alkanes) is 18. The molecule has 2 aliphatic heterocycles. The molecule has 0 radical (unpaired) electrons. The summed E-state index contributed by atoms with van der Waals surface area (Å²) in [5.74, 6) is -0.957. The Kier molecular flexibility index (Phi) is 38.5. The summed E-state index contributed by atoms with van der Waals surface area (Å²) < 4.78 is 33.6. The zero-order valence-electron chi connectivity index (χ0n) is 43.4. The van der Waals surface area contributed by atoms with Gasteiger partial charge >= 0.3 is 11.9 Å². The van der Waals surface area contributed by atoms with Gasteiger partial charge < -0.3 is 64.2 Å². The van der Waals surface area contributed by atoms with E-state index in [1.165, 1.54) is 51.4 Å². The lowest BCUT2D eigenvalue weighted by Gasteiger charge is -2.42. The molecule has 2 saturated heterocycles. The summed E-state index contributed by atoms with van der Waals surface area (Å²) >= 11 is 0. The number of carbonyl (C=O) groups is 2. The largest absolute Gasteiger partial charge is 0.462 e. The molecule has 0 spiro atoms. The van der Waals surface area contributed by atoms with E-state index in [0.717, 1.165) is 96.3 Å². The van der Waals surface area contributed by atoms with Gasteiger partial charge in [0.25, 0.3) is 0 Å². The third-order valence-corrected chi connectivity index (χ3v) is 12.7. The first-order chi connectivity index (χ1) is 34.5. The topological polar surface area (TPSA) is 231 Å². The Bertz CT molecular complexity index is 1470. The van der Waals surface area contributed by atoms with Crippen molar-refractivity contribution in [1.82, 2.24) is 0 Å². The highest BCUT2D eigenvalue weighted by molar-refractivity contribution is 5.70. The minimum absolute atomic E-state index is 0.145. The van der Waals surface area contributed by atoms with Gasteiger partial charge in [-0.15, -0.1) is 0 Å². The Balaban J connectivity index is 1.80. The van der Waals surface area contributed by atoms with Gasteiger partial charge in [-0.25, -0.2) is 0 Å². The number of allylic oxidation sites excluding steroid dienone is 10. The van der Waals surface area contributed by atoms with Crippen LogP contribution in [-0.4, -0.2) is 142 Å². The van der Waals surface area contributed by atoms with E-state index in [2.05, 4.69) is 74.6 Å². The van der Waals surface area contributed by atoms with E-state index in [9.17, 15) is 45.3 Å². The maximum atomic E-state index is 13.0. The first-order valence-corrected chi connectivity index (χ1v) is 27.4. The molecule has 2 rings (SSSR count). The second-order valence-corrected chi connectivity index (χ2v) is 19.0. The van der Waals surface area contributed by atoms with Crippen LogP contribution in [0.3, 0.4) is 0 Å². The number of rotatable bonds is 42. The summed E-state index contributed by atoms with van der Waals surface area (Å²) in [5, 5.41) is 72.2. The zero-order valence-corrected chi connectivity index (χ0v) is 43.4. The highest BCUT2D eigenvalue weighted by atomic mass is 16.7. The number of aliphatic hydroxyl groups excluding tert-OH is 7. The van der Waals surface area contributed by atoms with Crippen molar-refractivity contribution in [2.24, 2.45) is 0 Å². The van der Waals surface area contributed by atoms with Crippen molar-refractivity contribution in [3.63, 3.8) is 0 Å². The van der Waals surface area contributed by atoms with Crippen LogP contribution in [0.25, 0.3) is 0 Å².